The molecule has 4 heterocycles. The summed E-state index contributed by atoms with van der Waals surface area (Å²) in [4.78, 5) is 34.0. The molecule has 2 atom stereocenters. The summed E-state index contributed by atoms with van der Waals surface area (Å²) in [7, 11) is 0. The van der Waals surface area contributed by atoms with Crippen molar-refractivity contribution >= 4 is 29.2 Å². The zero-order valence-electron chi connectivity index (χ0n) is 21.6. The normalized spacial score (nSPS) is 22.1. The van der Waals surface area contributed by atoms with Gasteiger partial charge in [0.05, 0.1) is 16.8 Å². The van der Waals surface area contributed by atoms with Crippen LogP contribution >= 0.6 is 0 Å². The third kappa shape index (κ3) is 4.65. The number of aromatic amines is 1. The number of nitrogens with one attached hydrogen (secondary N) is 2. The van der Waals surface area contributed by atoms with Crippen molar-refractivity contribution in [3.63, 3.8) is 0 Å². The van der Waals surface area contributed by atoms with Crippen LogP contribution in [0.15, 0.2) is 42.5 Å². The molecule has 202 valence electrons. The minimum atomic E-state index is -0.992. The lowest BCUT2D eigenvalue weighted by Crippen LogP contribution is -2.42. The highest BCUT2D eigenvalue weighted by Gasteiger charge is 2.35. The minimum Gasteiger partial charge on any atom is -0.358 e. The van der Waals surface area contributed by atoms with Gasteiger partial charge in [0.15, 0.2) is 11.6 Å². The highest BCUT2D eigenvalue weighted by molar-refractivity contribution is 6.36. The summed E-state index contributed by atoms with van der Waals surface area (Å²) < 4.78 is 42.6. The number of H-pyrrole nitrogens is 1. The summed E-state index contributed by atoms with van der Waals surface area (Å²) in [6.45, 7) is 4.19. The third-order valence-electron chi connectivity index (χ3n) is 7.89. The largest absolute Gasteiger partial charge is 0.358 e. The maximum atomic E-state index is 14.8. The number of amides is 2. The molecule has 3 aromatic rings. The van der Waals surface area contributed by atoms with Crippen molar-refractivity contribution in [3.8, 4) is 11.1 Å². The average molecular weight is 535 g/mol. The van der Waals surface area contributed by atoms with Crippen LogP contribution in [0.2, 0.25) is 0 Å². The van der Waals surface area contributed by atoms with E-state index in [-0.39, 0.29) is 23.1 Å². The zero-order valence-corrected chi connectivity index (χ0v) is 21.6. The first-order valence-corrected chi connectivity index (χ1v) is 13.3. The molecular weight excluding hydrogens is 505 g/mol. The molecule has 2 aromatic carbocycles. The number of alkyl halides is 1. The van der Waals surface area contributed by atoms with Gasteiger partial charge in [-0.05, 0) is 56.0 Å². The number of fused-ring (bicyclic) bond motifs is 1. The fraction of sp³-hybridized carbons (Fsp3) is 0.333. The highest BCUT2D eigenvalue weighted by atomic mass is 19.2. The fourth-order valence-corrected chi connectivity index (χ4v) is 6.07. The van der Waals surface area contributed by atoms with Crippen LogP contribution in [-0.4, -0.2) is 65.0 Å². The molecule has 9 heteroatoms. The van der Waals surface area contributed by atoms with Crippen LogP contribution in [-0.2, 0) is 4.79 Å². The highest BCUT2D eigenvalue weighted by Crippen LogP contribution is 2.41. The molecule has 2 fully saturated rings. The Balaban J connectivity index is 1.36. The molecule has 0 spiro atoms. The van der Waals surface area contributed by atoms with Crippen molar-refractivity contribution in [2.24, 2.45) is 0 Å². The van der Waals surface area contributed by atoms with Gasteiger partial charge in [0.25, 0.3) is 11.8 Å². The van der Waals surface area contributed by atoms with Crippen LogP contribution in [0.1, 0.15) is 46.6 Å². The number of hydrogen-bond donors (Lipinski definition) is 2. The summed E-state index contributed by atoms with van der Waals surface area (Å²) in [5, 5.41) is 2.80. The van der Waals surface area contributed by atoms with Crippen LogP contribution in [0.25, 0.3) is 22.8 Å². The Bertz CT molecular complexity index is 1500. The van der Waals surface area contributed by atoms with E-state index in [1.54, 1.807) is 30.3 Å². The molecule has 0 aliphatic carbocycles. The number of hydrogen-bond acceptors (Lipinski definition) is 3. The third-order valence-corrected chi connectivity index (χ3v) is 7.89. The second-order valence-corrected chi connectivity index (χ2v) is 10.6. The van der Waals surface area contributed by atoms with Crippen molar-refractivity contribution in [2.45, 2.75) is 38.4 Å². The molecule has 39 heavy (non-hydrogen) atoms. The number of rotatable bonds is 5. The van der Waals surface area contributed by atoms with E-state index < -0.39 is 23.7 Å². The first kappa shape index (κ1) is 25.4. The van der Waals surface area contributed by atoms with E-state index in [2.05, 4.69) is 15.2 Å². The topological polar surface area (TPSA) is 68.4 Å². The summed E-state index contributed by atoms with van der Waals surface area (Å²) in [6, 6.07) is 10.7. The molecule has 3 aliphatic rings. The van der Waals surface area contributed by atoms with Crippen molar-refractivity contribution in [1.82, 2.24) is 14.8 Å². The predicted octanol–water partition coefficient (Wildman–Crippen LogP) is 5.41. The lowest BCUT2D eigenvalue weighted by molar-refractivity contribution is -0.110. The van der Waals surface area contributed by atoms with Crippen molar-refractivity contribution in [3.05, 3.63) is 76.6 Å². The maximum absolute atomic E-state index is 14.8. The second-order valence-electron chi connectivity index (χ2n) is 10.6. The molecule has 0 unspecified atom stereocenters. The Labute approximate surface area is 224 Å². The maximum Gasteiger partial charge on any atom is 0.256 e. The predicted molar refractivity (Wildman–Crippen MR) is 144 cm³/mol. The smallest absolute Gasteiger partial charge is 0.256 e. The number of likely N-dealkylation sites (tertiary alicyclic amines) is 2. The molecule has 0 saturated carbocycles. The van der Waals surface area contributed by atoms with Crippen LogP contribution in [0.3, 0.4) is 0 Å². The van der Waals surface area contributed by atoms with E-state index >= 15 is 0 Å². The number of halogens is 3. The summed E-state index contributed by atoms with van der Waals surface area (Å²) in [5.74, 6) is -2.51. The zero-order chi connectivity index (χ0) is 27.3. The standard InChI is InChI=1S/C30H29F3N4O2/c1-17-13-22(30(39)37-11-4-5-19(37)16-36-12-10-18(31)15-36)26(34-17)14-23-27-20(6-3-9-25(27)35-29(23)38)21-7-2-8-24(32)28(21)33/h2-3,6-9,13-14,18-19,34H,4-5,10-12,15-16H2,1H3,(H,35,38)/t18-,19-/m0/s1. The van der Waals surface area contributed by atoms with Crippen LogP contribution in [0.5, 0.6) is 0 Å². The van der Waals surface area contributed by atoms with Crippen LogP contribution in [0.4, 0.5) is 18.9 Å². The van der Waals surface area contributed by atoms with Crippen molar-refractivity contribution in [1.29, 1.82) is 0 Å². The quantitative estimate of drug-likeness (QED) is 0.430. The summed E-state index contributed by atoms with van der Waals surface area (Å²) in [5.41, 5.74) is 3.28. The summed E-state index contributed by atoms with van der Waals surface area (Å²) >= 11 is 0. The number of carbonyl (C=O) groups is 2. The van der Waals surface area contributed by atoms with Gasteiger partial charge in [-0.2, -0.15) is 0 Å². The van der Waals surface area contributed by atoms with E-state index in [0.29, 0.717) is 60.7 Å². The van der Waals surface area contributed by atoms with Crippen molar-refractivity contribution in [2.75, 3.05) is 31.5 Å². The fourth-order valence-electron chi connectivity index (χ4n) is 6.07. The van der Waals surface area contributed by atoms with Gasteiger partial charge in [-0.3, -0.25) is 14.5 Å². The minimum absolute atomic E-state index is 0.00318. The van der Waals surface area contributed by atoms with Gasteiger partial charge in [0, 0.05) is 54.7 Å². The number of aryl methyl sites for hydroxylation is 1. The Morgan fingerprint density at radius 3 is 2.69 bits per heavy atom. The van der Waals surface area contributed by atoms with Crippen LogP contribution in [0, 0.1) is 18.6 Å². The summed E-state index contributed by atoms with van der Waals surface area (Å²) in [6.07, 6.45) is 3.06. The molecule has 0 radical (unpaired) electrons. The Morgan fingerprint density at radius 1 is 1.10 bits per heavy atom. The average Bonchev–Trinajstić information content (AvgIpc) is 3.69. The lowest BCUT2D eigenvalue weighted by Gasteiger charge is -2.28. The molecular formula is C30H29F3N4O2. The molecule has 3 aliphatic heterocycles. The molecule has 2 N–H and O–H groups in total. The molecule has 1 aromatic heterocycles. The molecule has 0 bridgehead atoms. The molecule has 6 nitrogen and oxygen atoms in total. The van der Waals surface area contributed by atoms with Gasteiger partial charge in [-0.1, -0.05) is 24.3 Å². The van der Waals surface area contributed by atoms with Crippen molar-refractivity contribution < 1.29 is 22.8 Å². The molecule has 2 amide bonds. The Morgan fingerprint density at radius 2 is 1.90 bits per heavy atom. The second kappa shape index (κ2) is 10.0. The lowest BCUT2D eigenvalue weighted by atomic mass is 9.93. The van der Waals surface area contributed by atoms with Gasteiger partial charge in [-0.15, -0.1) is 0 Å². The monoisotopic (exact) mass is 534 g/mol. The Hall–Kier alpha value is -3.85. The molecule has 6 rings (SSSR count). The first-order chi connectivity index (χ1) is 18.8. The van der Waals surface area contributed by atoms with Gasteiger partial charge < -0.3 is 15.2 Å². The van der Waals surface area contributed by atoms with E-state index in [0.717, 1.165) is 24.6 Å². The van der Waals surface area contributed by atoms with Gasteiger partial charge in [-0.25, -0.2) is 13.2 Å². The first-order valence-electron chi connectivity index (χ1n) is 13.3. The molecule has 2 saturated heterocycles. The number of anilines is 1. The number of benzene rings is 2. The van der Waals surface area contributed by atoms with E-state index in [4.69, 9.17) is 0 Å². The van der Waals surface area contributed by atoms with E-state index in [1.165, 1.54) is 12.1 Å². The van der Waals surface area contributed by atoms with E-state index in [1.807, 2.05) is 11.8 Å². The SMILES string of the molecule is Cc1cc(C(=O)N2CCC[C@H]2CN2CC[C@H](F)C2)c(C=C2C(=O)Nc3cccc(-c4cccc(F)c4F)c32)[nH]1. The number of aromatic nitrogens is 1. The number of nitrogens with zero attached hydrogens (tertiary/aromatic N) is 2. The van der Waals surface area contributed by atoms with Gasteiger partial charge >= 0.3 is 0 Å². The number of carbonyl (C=O) groups excluding carboxylic acids is 2. The van der Waals surface area contributed by atoms with Gasteiger partial charge in [0.2, 0.25) is 0 Å². The Kier molecular flexibility index (Phi) is 6.54. The van der Waals surface area contributed by atoms with Gasteiger partial charge in [0.1, 0.15) is 6.17 Å². The van der Waals surface area contributed by atoms with Crippen LogP contribution < -0.4 is 5.32 Å². The van der Waals surface area contributed by atoms with E-state index in [9.17, 15) is 22.8 Å².